The molecule has 2 aromatic carbocycles. The summed E-state index contributed by atoms with van der Waals surface area (Å²) >= 11 is 6.02. The van der Waals surface area contributed by atoms with E-state index in [1.807, 2.05) is 12.1 Å². The van der Waals surface area contributed by atoms with Gasteiger partial charge < -0.3 is 14.2 Å². The quantitative estimate of drug-likeness (QED) is 0.346. The molecule has 2 aliphatic rings. The minimum Gasteiger partial charge on any atom is -0.493 e. The summed E-state index contributed by atoms with van der Waals surface area (Å²) in [6.45, 7) is 4.92. The van der Waals surface area contributed by atoms with E-state index in [-0.39, 0.29) is 0 Å². The second-order valence-electron chi connectivity index (χ2n) is 10.4. The van der Waals surface area contributed by atoms with Gasteiger partial charge in [0.1, 0.15) is 5.75 Å². The third-order valence-electron chi connectivity index (χ3n) is 7.24. The number of halogens is 1. The molecule has 6 heteroatoms. The van der Waals surface area contributed by atoms with Crippen molar-refractivity contribution in [1.82, 2.24) is 15.0 Å². The van der Waals surface area contributed by atoms with E-state index in [4.69, 9.17) is 20.9 Å². The van der Waals surface area contributed by atoms with E-state index in [0.717, 1.165) is 84.0 Å². The van der Waals surface area contributed by atoms with Crippen LogP contribution in [0.2, 0.25) is 5.02 Å². The van der Waals surface area contributed by atoms with Gasteiger partial charge in [0.25, 0.3) is 0 Å². The predicted molar refractivity (Wildman–Crippen MR) is 137 cm³/mol. The van der Waals surface area contributed by atoms with E-state index < -0.39 is 0 Å². The van der Waals surface area contributed by atoms with Crippen molar-refractivity contribution in [2.75, 3.05) is 33.8 Å². The number of ether oxygens (including phenoxy) is 1. The molecule has 0 spiro atoms. The van der Waals surface area contributed by atoms with Gasteiger partial charge in [0.15, 0.2) is 5.58 Å². The Balaban J connectivity index is 1.18. The maximum Gasteiger partial charge on any atom is 0.175 e. The van der Waals surface area contributed by atoms with E-state index in [0.29, 0.717) is 0 Å². The number of nitrogens with zero attached hydrogens (tertiary/aromatic N) is 3. The van der Waals surface area contributed by atoms with Gasteiger partial charge in [0.2, 0.25) is 0 Å². The summed E-state index contributed by atoms with van der Waals surface area (Å²) in [5.41, 5.74) is 4.45. The minimum absolute atomic E-state index is 0.728. The zero-order valence-corrected chi connectivity index (χ0v) is 21.2. The second-order valence-corrected chi connectivity index (χ2v) is 10.9. The van der Waals surface area contributed by atoms with Gasteiger partial charge in [-0.1, -0.05) is 28.9 Å². The molecule has 2 heterocycles. The van der Waals surface area contributed by atoms with Crippen LogP contribution in [0.15, 0.2) is 40.9 Å². The van der Waals surface area contributed by atoms with Gasteiger partial charge in [0, 0.05) is 23.5 Å². The Labute approximate surface area is 208 Å². The van der Waals surface area contributed by atoms with Crippen LogP contribution in [0.3, 0.4) is 0 Å². The molecule has 1 saturated heterocycles. The summed E-state index contributed by atoms with van der Waals surface area (Å²) in [4.78, 5) is 4.72. The maximum absolute atomic E-state index is 6.17. The van der Waals surface area contributed by atoms with Crippen LogP contribution in [-0.2, 0) is 19.5 Å². The van der Waals surface area contributed by atoms with Crippen LogP contribution in [0, 0.1) is 11.8 Å². The molecule has 5 nitrogen and oxygen atoms in total. The lowest BCUT2D eigenvalue weighted by atomic mass is 9.91. The average Bonchev–Trinajstić information content (AvgIpc) is 3.57. The van der Waals surface area contributed by atoms with Gasteiger partial charge in [-0.25, -0.2) is 0 Å². The fourth-order valence-corrected chi connectivity index (χ4v) is 5.11. The number of benzene rings is 2. The van der Waals surface area contributed by atoms with Gasteiger partial charge in [-0.15, -0.1) is 0 Å². The monoisotopic (exact) mass is 481 g/mol. The van der Waals surface area contributed by atoms with Crippen LogP contribution < -0.4 is 4.74 Å². The lowest BCUT2D eigenvalue weighted by molar-refractivity contribution is 0.172. The largest absolute Gasteiger partial charge is 0.493 e. The molecule has 34 heavy (non-hydrogen) atoms. The lowest BCUT2D eigenvalue weighted by Gasteiger charge is -2.32. The first-order valence-electron chi connectivity index (χ1n) is 12.7. The number of piperidine rings is 1. The van der Waals surface area contributed by atoms with Gasteiger partial charge in [-0.2, -0.15) is 0 Å². The standard InChI is InChI=1S/C28H36ClN3O2/c1-31(2)18-25-27(33-19-22-3-4-22)12-10-24-26(30-34-28(24)25)11-7-20-13-15-32(16-14-20)17-21-5-8-23(29)9-6-21/h5-6,8-10,12,20,22H,3-4,7,11,13-19H2,1-2H3. The highest BCUT2D eigenvalue weighted by Crippen LogP contribution is 2.35. The zero-order chi connectivity index (χ0) is 23.5. The Morgan fingerprint density at radius 2 is 1.79 bits per heavy atom. The summed E-state index contributed by atoms with van der Waals surface area (Å²) in [6, 6.07) is 12.5. The molecule has 182 valence electrons. The molecule has 0 bridgehead atoms. The van der Waals surface area contributed by atoms with Crippen molar-refractivity contribution in [3.05, 3.63) is 58.2 Å². The molecule has 5 rings (SSSR count). The molecule has 1 aliphatic heterocycles. The molecular weight excluding hydrogens is 446 g/mol. The van der Waals surface area contributed by atoms with Crippen LogP contribution in [0.5, 0.6) is 5.75 Å². The number of rotatable bonds is 10. The Bertz CT molecular complexity index is 1080. The Morgan fingerprint density at radius 3 is 2.50 bits per heavy atom. The fourth-order valence-electron chi connectivity index (χ4n) is 4.99. The van der Waals surface area contributed by atoms with Crippen molar-refractivity contribution < 1.29 is 9.26 Å². The molecular formula is C28H36ClN3O2. The maximum atomic E-state index is 6.17. The summed E-state index contributed by atoms with van der Waals surface area (Å²) < 4.78 is 12.1. The number of likely N-dealkylation sites (tertiary alicyclic amines) is 1. The molecule has 1 saturated carbocycles. The summed E-state index contributed by atoms with van der Waals surface area (Å²) in [6.07, 6.45) is 7.20. The highest BCUT2D eigenvalue weighted by Gasteiger charge is 2.24. The first-order valence-corrected chi connectivity index (χ1v) is 13.1. The lowest BCUT2D eigenvalue weighted by Crippen LogP contribution is -2.33. The fraction of sp³-hybridized carbons (Fsp3) is 0.536. The molecule has 0 atom stereocenters. The highest BCUT2D eigenvalue weighted by atomic mass is 35.5. The van der Waals surface area contributed by atoms with Gasteiger partial charge >= 0.3 is 0 Å². The van der Waals surface area contributed by atoms with Crippen molar-refractivity contribution >= 4 is 22.6 Å². The Kier molecular flexibility index (Phi) is 7.43. The third kappa shape index (κ3) is 5.94. The number of hydrogen-bond donors (Lipinski definition) is 0. The van der Waals surface area contributed by atoms with Crippen molar-refractivity contribution in [1.29, 1.82) is 0 Å². The minimum atomic E-state index is 0.728. The summed E-state index contributed by atoms with van der Waals surface area (Å²) in [5, 5.41) is 6.46. The topological polar surface area (TPSA) is 41.7 Å². The van der Waals surface area contributed by atoms with Crippen LogP contribution in [0.4, 0.5) is 0 Å². The number of aryl methyl sites for hydroxylation is 1. The average molecular weight is 482 g/mol. The highest BCUT2D eigenvalue weighted by molar-refractivity contribution is 6.30. The van der Waals surface area contributed by atoms with E-state index >= 15 is 0 Å². The Morgan fingerprint density at radius 1 is 1.03 bits per heavy atom. The van der Waals surface area contributed by atoms with Crippen LogP contribution in [-0.4, -0.2) is 48.7 Å². The molecule has 2 fully saturated rings. The van der Waals surface area contributed by atoms with Gasteiger partial charge in [-0.05, 0) is 107 Å². The zero-order valence-electron chi connectivity index (χ0n) is 20.4. The molecule has 0 N–H and O–H groups in total. The number of aromatic nitrogens is 1. The van der Waals surface area contributed by atoms with Crippen molar-refractivity contribution in [2.24, 2.45) is 11.8 Å². The summed E-state index contributed by atoms with van der Waals surface area (Å²) in [7, 11) is 4.17. The Hall–Kier alpha value is -2.08. The molecule has 3 aromatic rings. The van der Waals surface area contributed by atoms with E-state index in [1.165, 1.54) is 37.7 Å². The molecule has 1 aliphatic carbocycles. The van der Waals surface area contributed by atoms with E-state index in [9.17, 15) is 0 Å². The molecule has 0 amide bonds. The first-order chi connectivity index (χ1) is 16.5. The van der Waals surface area contributed by atoms with E-state index in [1.54, 1.807) is 0 Å². The van der Waals surface area contributed by atoms with Crippen molar-refractivity contribution in [3.63, 3.8) is 0 Å². The predicted octanol–water partition coefficient (Wildman–Crippen LogP) is 6.18. The molecule has 0 radical (unpaired) electrons. The van der Waals surface area contributed by atoms with Crippen LogP contribution in [0.25, 0.3) is 11.0 Å². The normalized spacial score (nSPS) is 17.6. The third-order valence-corrected chi connectivity index (χ3v) is 7.49. The van der Waals surface area contributed by atoms with Crippen LogP contribution >= 0.6 is 11.6 Å². The SMILES string of the molecule is CN(C)Cc1c(OCC2CC2)ccc2c(CCC3CCN(Cc4ccc(Cl)cc4)CC3)noc12. The van der Waals surface area contributed by atoms with Gasteiger partial charge in [-0.3, -0.25) is 4.90 Å². The smallest absolute Gasteiger partial charge is 0.175 e. The second kappa shape index (κ2) is 10.7. The molecule has 1 aromatic heterocycles. The van der Waals surface area contributed by atoms with Crippen molar-refractivity contribution in [3.8, 4) is 5.75 Å². The number of hydrogen-bond acceptors (Lipinski definition) is 5. The van der Waals surface area contributed by atoms with Crippen molar-refractivity contribution in [2.45, 2.75) is 51.6 Å². The first kappa shape index (κ1) is 23.7. The number of fused-ring (bicyclic) bond motifs is 1. The molecule has 0 unspecified atom stereocenters. The van der Waals surface area contributed by atoms with E-state index in [2.05, 4.69) is 53.3 Å². The van der Waals surface area contributed by atoms with Crippen LogP contribution in [0.1, 0.15) is 48.9 Å². The van der Waals surface area contributed by atoms with Gasteiger partial charge in [0.05, 0.1) is 17.9 Å². The summed E-state index contributed by atoms with van der Waals surface area (Å²) in [5.74, 6) is 2.42.